The fourth-order valence-corrected chi connectivity index (χ4v) is 6.38. The molecule has 43 heavy (non-hydrogen) atoms. The summed E-state index contributed by atoms with van der Waals surface area (Å²) in [5.41, 5.74) is 8.95. The average molecular weight is 646 g/mol. The van der Waals surface area contributed by atoms with Crippen LogP contribution in [0.4, 0.5) is 5.82 Å². The minimum Gasteiger partial charge on any atom is -0.363 e. The number of hydrogen-bond donors (Lipinski definition) is 2. The lowest BCUT2D eigenvalue weighted by atomic mass is 10.0. The molecule has 3 N–H and O–H groups in total. The van der Waals surface area contributed by atoms with Gasteiger partial charge in [0, 0.05) is 36.3 Å². The van der Waals surface area contributed by atoms with Crippen molar-refractivity contribution in [2.24, 2.45) is 11.1 Å². The van der Waals surface area contributed by atoms with Crippen LogP contribution >= 0.6 is 15.9 Å². The van der Waals surface area contributed by atoms with Crippen LogP contribution in [0.5, 0.6) is 0 Å². The van der Waals surface area contributed by atoms with Crippen molar-refractivity contribution in [3.05, 3.63) is 63.9 Å². The number of nitrogens with zero attached hydrogens (tertiary/aromatic N) is 6. The molecular weight excluding hydrogens is 616 g/mol. The highest BCUT2D eigenvalue weighted by Gasteiger charge is 2.64. The van der Waals surface area contributed by atoms with Crippen molar-refractivity contribution >= 4 is 56.2 Å². The van der Waals surface area contributed by atoms with Gasteiger partial charge in [-0.3, -0.25) is 23.9 Å². The van der Waals surface area contributed by atoms with Gasteiger partial charge in [-0.25, -0.2) is 15.0 Å². The van der Waals surface area contributed by atoms with Gasteiger partial charge >= 0.3 is 0 Å². The van der Waals surface area contributed by atoms with Crippen LogP contribution < -0.4 is 11.1 Å². The van der Waals surface area contributed by atoms with Crippen molar-refractivity contribution in [1.29, 1.82) is 0 Å². The number of amides is 3. The summed E-state index contributed by atoms with van der Waals surface area (Å²) >= 11 is 3.35. The van der Waals surface area contributed by atoms with E-state index < -0.39 is 11.9 Å². The summed E-state index contributed by atoms with van der Waals surface area (Å²) in [4.78, 5) is 65.5. The normalized spacial score (nSPS) is 20.6. The number of anilines is 1. The smallest absolute Gasteiger partial charge is 0.286 e. The Labute approximate surface area is 255 Å². The molecule has 1 aliphatic carbocycles. The molecule has 1 saturated heterocycles. The van der Waals surface area contributed by atoms with E-state index in [1.54, 1.807) is 21.7 Å². The van der Waals surface area contributed by atoms with Gasteiger partial charge in [0.1, 0.15) is 28.7 Å². The molecule has 4 heterocycles. The van der Waals surface area contributed by atoms with Crippen LogP contribution in [-0.4, -0.2) is 65.2 Å². The zero-order valence-electron chi connectivity index (χ0n) is 24.0. The molecule has 0 radical (unpaired) electrons. The third-order valence-corrected chi connectivity index (χ3v) is 8.83. The fraction of sp³-hybridized carbons (Fsp3) is 0.333. The minimum absolute atomic E-state index is 0.0440. The van der Waals surface area contributed by atoms with Gasteiger partial charge in [0.15, 0.2) is 5.78 Å². The van der Waals surface area contributed by atoms with Gasteiger partial charge in [-0.15, -0.1) is 0 Å². The topological polar surface area (TPSA) is 166 Å². The molecule has 3 atom stereocenters. The Hall–Kier alpha value is -4.52. The number of aryl methyl sites for hydroxylation is 2. The van der Waals surface area contributed by atoms with E-state index in [1.807, 2.05) is 26.0 Å². The summed E-state index contributed by atoms with van der Waals surface area (Å²) in [6.07, 6.45) is 4.37. The number of carbonyl (C=O) groups is 4. The van der Waals surface area contributed by atoms with Crippen LogP contribution in [0.1, 0.15) is 58.9 Å². The summed E-state index contributed by atoms with van der Waals surface area (Å²) in [6.45, 7) is 7.11. The average Bonchev–Trinajstić information content (AvgIpc) is 3.31. The van der Waals surface area contributed by atoms with E-state index >= 15 is 0 Å². The molecular formula is C30H29BrN8O4. The SMILES string of the molecule is CC(=O)c1nn(CC(=O)N2[C@H](C(=O)Nc3nc(Br)ccc3C)C[C@@]3(C)C[C@@H]23)c2c(C)cc(-c3cnc(C(N)=O)nc3)cc12. The Morgan fingerprint density at radius 2 is 1.79 bits per heavy atom. The van der Waals surface area contributed by atoms with Crippen LogP contribution in [0.15, 0.2) is 41.3 Å². The predicted octanol–water partition coefficient (Wildman–Crippen LogP) is 3.59. The van der Waals surface area contributed by atoms with E-state index in [4.69, 9.17) is 5.73 Å². The highest BCUT2D eigenvalue weighted by Crippen LogP contribution is 2.59. The number of Topliss-reactive ketones (excluding diaryl/α,β-unsaturated/α-hetero) is 1. The lowest BCUT2D eigenvalue weighted by molar-refractivity contribution is -0.138. The highest BCUT2D eigenvalue weighted by atomic mass is 79.9. The number of aromatic nitrogens is 5. The molecule has 2 fully saturated rings. The van der Waals surface area contributed by atoms with Crippen LogP contribution in [0.25, 0.3) is 22.0 Å². The number of nitrogens with one attached hydrogen (secondary N) is 1. The molecule has 220 valence electrons. The molecule has 2 aliphatic rings. The first-order chi connectivity index (χ1) is 20.4. The fourth-order valence-electron chi connectivity index (χ4n) is 6.07. The second kappa shape index (κ2) is 10.3. The van der Waals surface area contributed by atoms with Gasteiger partial charge in [0.2, 0.25) is 17.6 Å². The molecule has 6 rings (SSSR count). The number of likely N-dealkylation sites (tertiary alicyclic amines) is 1. The number of piperidine rings is 1. The third kappa shape index (κ3) is 5.07. The van der Waals surface area contributed by atoms with Crippen LogP contribution in [-0.2, 0) is 16.1 Å². The highest BCUT2D eigenvalue weighted by molar-refractivity contribution is 9.10. The molecule has 0 spiro atoms. The zero-order valence-corrected chi connectivity index (χ0v) is 25.6. The van der Waals surface area contributed by atoms with Crippen molar-refractivity contribution in [2.45, 2.75) is 59.2 Å². The largest absolute Gasteiger partial charge is 0.363 e. The third-order valence-electron chi connectivity index (χ3n) is 8.39. The first kappa shape index (κ1) is 28.6. The Morgan fingerprint density at radius 1 is 1.07 bits per heavy atom. The van der Waals surface area contributed by atoms with E-state index in [0.717, 1.165) is 23.1 Å². The van der Waals surface area contributed by atoms with Gasteiger partial charge in [-0.2, -0.15) is 5.10 Å². The Balaban J connectivity index is 1.31. The van der Waals surface area contributed by atoms with Crippen LogP contribution in [0, 0.1) is 19.3 Å². The van der Waals surface area contributed by atoms with Crippen molar-refractivity contribution in [3.8, 4) is 11.1 Å². The van der Waals surface area contributed by atoms with Gasteiger partial charge in [-0.05, 0) is 82.9 Å². The number of hydrogen-bond acceptors (Lipinski definition) is 8. The Kier molecular flexibility index (Phi) is 6.87. The second-order valence-electron chi connectivity index (χ2n) is 11.6. The number of ketones is 1. The summed E-state index contributed by atoms with van der Waals surface area (Å²) < 4.78 is 2.15. The number of nitrogens with two attached hydrogens (primary N) is 1. The molecule has 1 aromatic carbocycles. The molecule has 1 aliphatic heterocycles. The summed E-state index contributed by atoms with van der Waals surface area (Å²) in [7, 11) is 0. The maximum atomic E-state index is 13.9. The van der Waals surface area contributed by atoms with Crippen molar-refractivity contribution in [1.82, 2.24) is 29.6 Å². The van der Waals surface area contributed by atoms with E-state index in [2.05, 4.69) is 48.2 Å². The summed E-state index contributed by atoms with van der Waals surface area (Å²) in [5, 5.41) is 8.05. The van der Waals surface area contributed by atoms with E-state index in [0.29, 0.717) is 33.3 Å². The van der Waals surface area contributed by atoms with Gasteiger partial charge in [0.25, 0.3) is 5.91 Å². The number of benzene rings is 1. The van der Waals surface area contributed by atoms with Crippen molar-refractivity contribution < 1.29 is 19.2 Å². The number of carbonyl (C=O) groups excluding carboxylic acids is 4. The lowest BCUT2D eigenvalue weighted by Gasteiger charge is -2.27. The number of fused-ring (bicyclic) bond motifs is 2. The number of rotatable bonds is 7. The molecule has 3 aromatic heterocycles. The number of primary amides is 1. The second-order valence-corrected chi connectivity index (χ2v) is 12.4. The lowest BCUT2D eigenvalue weighted by Crippen LogP contribution is -2.47. The van der Waals surface area contributed by atoms with E-state index in [9.17, 15) is 19.2 Å². The van der Waals surface area contributed by atoms with Gasteiger partial charge in [-0.1, -0.05) is 13.0 Å². The molecule has 0 unspecified atom stereocenters. The molecule has 13 heteroatoms. The standard InChI is InChI=1S/C30H29BrN8O4/c1-14-5-6-22(31)35-27(14)36-29(43)20-9-30(4)10-21(30)39(20)23(41)13-38-25-15(2)7-17(8-19(25)24(37-38)16(3)40)18-11-33-28(26(32)42)34-12-18/h5-8,11-12,20-21H,9-10,13H2,1-4H3,(H2,32,42)(H,35,36,43)/t20-,21+,30-/m0/s1. The van der Waals surface area contributed by atoms with E-state index in [-0.39, 0.29) is 47.1 Å². The van der Waals surface area contributed by atoms with Gasteiger partial charge < -0.3 is 16.0 Å². The number of halogens is 1. The Morgan fingerprint density at radius 3 is 2.47 bits per heavy atom. The maximum Gasteiger partial charge on any atom is 0.286 e. The monoisotopic (exact) mass is 644 g/mol. The van der Waals surface area contributed by atoms with E-state index in [1.165, 1.54) is 19.3 Å². The predicted molar refractivity (Wildman–Crippen MR) is 161 cm³/mol. The zero-order chi connectivity index (χ0) is 30.8. The van der Waals surface area contributed by atoms with Crippen molar-refractivity contribution in [2.75, 3.05) is 5.32 Å². The first-order valence-electron chi connectivity index (χ1n) is 13.8. The quantitative estimate of drug-likeness (QED) is 0.227. The maximum absolute atomic E-state index is 13.9. The molecule has 0 bridgehead atoms. The summed E-state index contributed by atoms with van der Waals surface area (Å²) in [6, 6.07) is 6.64. The molecule has 3 amide bonds. The molecule has 4 aromatic rings. The molecule has 1 saturated carbocycles. The number of pyridine rings is 1. The van der Waals surface area contributed by atoms with Crippen LogP contribution in [0.3, 0.4) is 0 Å². The van der Waals surface area contributed by atoms with Crippen LogP contribution in [0.2, 0.25) is 0 Å². The Bertz CT molecular complexity index is 1850. The van der Waals surface area contributed by atoms with Crippen molar-refractivity contribution in [3.63, 3.8) is 0 Å². The van der Waals surface area contributed by atoms with Gasteiger partial charge in [0.05, 0.1) is 5.52 Å². The summed E-state index contributed by atoms with van der Waals surface area (Å²) in [5.74, 6) is -1.16. The minimum atomic E-state index is -0.729. The first-order valence-corrected chi connectivity index (χ1v) is 14.5. The molecule has 12 nitrogen and oxygen atoms in total.